The van der Waals surface area contributed by atoms with Crippen LogP contribution in [0.2, 0.25) is 0 Å². The molecule has 0 aliphatic carbocycles. The molecule has 0 aromatic carbocycles. The normalized spacial score (nSPS) is 21.6. The highest BCUT2D eigenvalue weighted by Gasteiger charge is 2.29. The van der Waals surface area contributed by atoms with Gasteiger partial charge in [0.15, 0.2) is 0 Å². The SMILES string of the molecule is CC(C)C1CCCN(S(=O)(=O)c2cnn(CCO)c2)CC1. The maximum atomic E-state index is 12.6. The summed E-state index contributed by atoms with van der Waals surface area (Å²) in [6, 6.07) is 0. The van der Waals surface area contributed by atoms with Crippen LogP contribution in [0, 0.1) is 11.8 Å². The number of hydrogen-bond donors (Lipinski definition) is 1. The fraction of sp³-hybridized carbons (Fsp3) is 0.786. The van der Waals surface area contributed by atoms with Crippen LogP contribution < -0.4 is 0 Å². The van der Waals surface area contributed by atoms with E-state index in [9.17, 15) is 8.42 Å². The summed E-state index contributed by atoms with van der Waals surface area (Å²) in [7, 11) is -3.46. The topological polar surface area (TPSA) is 75.4 Å². The smallest absolute Gasteiger partial charge is 0.246 e. The third-order valence-corrected chi connectivity index (χ3v) is 6.10. The summed E-state index contributed by atoms with van der Waals surface area (Å²) in [5.41, 5.74) is 0. The van der Waals surface area contributed by atoms with Crippen molar-refractivity contribution in [3.05, 3.63) is 12.4 Å². The zero-order valence-electron chi connectivity index (χ0n) is 12.8. The summed E-state index contributed by atoms with van der Waals surface area (Å²) in [6.07, 6.45) is 5.79. The third kappa shape index (κ3) is 3.84. The molecule has 0 spiro atoms. The Morgan fingerprint density at radius 1 is 1.38 bits per heavy atom. The van der Waals surface area contributed by atoms with Crippen molar-refractivity contribution >= 4 is 10.0 Å². The number of hydrogen-bond acceptors (Lipinski definition) is 4. The first kappa shape index (κ1) is 16.5. The van der Waals surface area contributed by atoms with Crippen LogP contribution in [0.4, 0.5) is 0 Å². The van der Waals surface area contributed by atoms with Crippen LogP contribution in [0.5, 0.6) is 0 Å². The second-order valence-corrected chi connectivity index (χ2v) is 7.94. The van der Waals surface area contributed by atoms with Gasteiger partial charge in [0.05, 0.1) is 19.3 Å². The van der Waals surface area contributed by atoms with Gasteiger partial charge < -0.3 is 5.11 Å². The number of aromatic nitrogens is 2. The number of aliphatic hydroxyl groups is 1. The number of sulfonamides is 1. The van der Waals surface area contributed by atoms with E-state index in [4.69, 9.17) is 5.11 Å². The van der Waals surface area contributed by atoms with Crippen LogP contribution in [-0.4, -0.2) is 47.3 Å². The van der Waals surface area contributed by atoms with Crippen LogP contribution in [0.3, 0.4) is 0 Å². The molecule has 120 valence electrons. The van der Waals surface area contributed by atoms with Gasteiger partial charge in [0.2, 0.25) is 10.0 Å². The molecule has 1 aliphatic heterocycles. The molecule has 1 saturated heterocycles. The van der Waals surface area contributed by atoms with Gasteiger partial charge in [-0.3, -0.25) is 4.68 Å². The molecule has 1 unspecified atom stereocenters. The summed E-state index contributed by atoms with van der Waals surface area (Å²) >= 11 is 0. The summed E-state index contributed by atoms with van der Waals surface area (Å²) in [5.74, 6) is 1.20. The minimum absolute atomic E-state index is 0.0546. The van der Waals surface area contributed by atoms with Gasteiger partial charge in [-0.25, -0.2) is 8.42 Å². The first-order valence-electron chi connectivity index (χ1n) is 7.58. The van der Waals surface area contributed by atoms with Gasteiger partial charge in [-0.05, 0) is 31.1 Å². The molecular weight excluding hydrogens is 290 g/mol. The van der Waals surface area contributed by atoms with Crippen molar-refractivity contribution in [1.82, 2.24) is 14.1 Å². The lowest BCUT2D eigenvalue weighted by Gasteiger charge is -2.20. The van der Waals surface area contributed by atoms with E-state index >= 15 is 0 Å². The lowest BCUT2D eigenvalue weighted by molar-refractivity contribution is 0.269. The van der Waals surface area contributed by atoms with Crippen molar-refractivity contribution in [1.29, 1.82) is 0 Å². The highest BCUT2D eigenvalue weighted by atomic mass is 32.2. The van der Waals surface area contributed by atoms with Gasteiger partial charge in [-0.1, -0.05) is 13.8 Å². The van der Waals surface area contributed by atoms with Gasteiger partial charge in [-0.15, -0.1) is 0 Å². The Kier molecular flexibility index (Phi) is 5.40. The van der Waals surface area contributed by atoms with Crippen LogP contribution >= 0.6 is 0 Å². The standard InChI is InChI=1S/C14H25N3O3S/c1-12(2)13-4-3-6-17(7-5-13)21(19,20)14-10-15-16(11-14)8-9-18/h10-13,18H,3-9H2,1-2H3. The minimum Gasteiger partial charge on any atom is -0.394 e. The zero-order valence-corrected chi connectivity index (χ0v) is 13.6. The van der Waals surface area contributed by atoms with Gasteiger partial charge >= 0.3 is 0 Å². The quantitative estimate of drug-likeness (QED) is 0.889. The van der Waals surface area contributed by atoms with Crippen LogP contribution in [-0.2, 0) is 16.6 Å². The Morgan fingerprint density at radius 3 is 2.81 bits per heavy atom. The second kappa shape index (κ2) is 6.89. The van der Waals surface area contributed by atoms with Crippen molar-refractivity contribution in [2.45, 2.75) is 44.6 Å². The lowest BCUT2D eigenvalue weighted by atomic mass is 9.89. The van der Waals surface area contributed by atoms with E-state index in [1.807, 2.05) is 0 Å². The monoisotopic (exact) mass is 315 g/mol. The molecule has 0 radical (unpaired) electrons. The van der Waals surface area contributed by atoms with Gasteiger partial charge in [0, 0.05) is 19.3 Å². The van der Waals surface area contributed by atoms with E-state index in [0.717, 1.165) is 19.3 Å². The number of aliphatic hydroxyl groups excluding tert-OH is 1. The molecule has 2 rings (SSSR count). The molecule has 0 bridgehead atoms. The fourth-order valence-corrected chi connectivity index (χ4v) is 4.30. The molecular formula is C14H25N3O3S. The largest absolute Gasteiger partial charge is 0.394 e. The predicted molar refractivity (Wildman–Crippen MR) is 80.3 cm³/mol. The first-order valence-corrected chi connectivity index (χ1v) is 9.02. The van der Waals surface area contributed by atoms with Crippen molar-refractivity contribution < 1.29 is 13.5 Å². The molecule has 1 fully saturated rings. The van der Waals surface area contributed by atoms with Crippen LogP contribution in [0.15, 0.2) is 17.3 Å². The molecule has 7 heteroatoms. The highest BCUT2D eigenvalue weighted by molar-refractivity contribution is 7.89. The zero-order chi connectivity index (χ0) is 15.5. The molecule has 0 amide bonds. The van der Waals surface area contributed by atoms with E-state index < -0.39 is 10.0 Å². The number of rotatable bonds is 5. The summed E-state index contributed by atoms with van der Waals surface area (Å²) < 4.78 is 28.3. The highest BCUT2D eigenvalue weighted by Crippen LogP contribution is 2.27. The van der Waals surface area contributed by atoms with E-state index in [2.05, 4.69) is 18.9 Å². The average molecular weight is 315 g/mol. The Hall–Kier alpha value is -0.920. The van der Waals surface area contributed by atoms with Crippen molar-refractivity contribution in [2.24, 2.45) is 11.8 Å². The van der Waals surface area contributed by atoms with Gasteiger partial charge in [0.1, 0.15) is 4.90 Å². The van der Waals surface area contributed by atoms with Crippen LogP contribution in [0.25, 0.3) is 0 Å². The molecule has 2 heterocycles. The van der Waals surface area contributed by atoms with E-state index in [1.165, 1.54) is 17.1 Å². The van der Waals surface area contributed by atoms with Crippen molar-refractivity contribution in [3.63, 3.8) is 0 Å². The summed E-state index contributed by atoms with van der Waals surface area (Å²) in [4.78, 5) is 0.221. The first-order chi connectivity index (χ1) is 9.95. The second-order valence-electron chi connectivity index (χ2n) is 6.00. The van der Waals surface area contributed by atoms with E-state index in [-0.39, 0.29) is 11.5 Å². The average Bonchev–Trinajstić information content (AvgIpc) is 2.75. The molecule has 0 saturated carbocycles. The predicted octanol–water partition coefficient (Wildman–Crippen LogP) is 1.32. The third-order valence-electron chi connectivity index (χ3n) is 4.25. The molecule has 21 heavy (non-hydrogen) atoms. The van der Waals surface area contributed by atoms with E-state index in [1.54, 1.807) is 4.31 Å². The van der Waals surface area contributed by atoms with Crippen LogP contribution in [0.1, 0.15) is 33.1 Å². The van der Waals surface area contributed by atoms with Gasteiger partial charge in [0.25, 0.3) is 0 Å². The molecule has 1 atom stereocenters. The summed E-state index contributed by atoms with van der Waals surface area (Å²) in [5, 5.41) is 12.9. The molecule has 1 aromatic rings. The van der Waals surface area contributed by atoms with Crippen molar-refractivity contribution in [2.75, 3.05) is 19.7 Å². The maximum absolute atomic E-state index is 12.6. The minimum atomic E-state index is -3.46. The fourth-order valence-electron chi connectivity index (χ4n) is 2.85. The molecule has 1 N–H and O–H groups in total. The Labute approximate surface area is 126 Å². The molecule has 1 aromatic heterocycles. The van der Waals surface area contributed by atoms with E-state index in [0.29, 0.717) is 31.5 Å². The Morgan fingerprint density at radius 2 is 2.14 bits per heavy atom. The maximum Gasteiger partial charge on any atom is 0.246 e. The Bertz CT molecular complexity index is 554. The number of nitrogens with zero attached hydrogens (tertiary/aromatic N) is 3. The Balaban J connectivity index is 2.11. The lowest BCUT2D eigenvalue weighted by Crippen LogP contribution is -2.32. The molecule has 1 aliphatic rings. The molecule has 6 nitrogen and oxygen atoms in total. The summed E-state index contributed by atoms with van der Waals surface area (Å²) in [6.45, 7) is 5.82. The van der Waals surface area contributed by atoms with Gasteiger partial charge in [-0.2, -0.15) is 9.40 Å². The van der Waals surface area contributed by atoms with Crippen molar-refractivity contribution in [3.8, 4) is 0 Å².